The SMILES string of the molecule is N#Cc1ccccc1COc1c(I)cc(/C=C2\SC(=O)N(Cc3ccc(Cl)cc3)C2=O)cc1I. The summed E-state index contributed by atoms with van der Waals surface area (Å²) in [6.45, 7) is 0.476. The third-order valence-electron chi connectivity index (χ3n) is 4.96. The van der Waals surface area contributed by atoms with Crippen molar-refractivity contribution in [2.75, 3.05) is 0 Å². The molecule has 0 radical (unpaired) electrons. The van der Waals surface area contributed by atoms with Crippen LogP contribution in [0.5, 0.6) is 5.75 Å². The zero-order valence-electron chi connectivity index (χ0n) is 17.4. The lowest BCUT2D eigenvalue weighted by Gasteiger charge is -2.13. The number of hydrogen-bond acceptors (Lipinski definition) is 5. The highest BCUT2D eigenvalue weighted by atomic mass is 127. The molecule has 1 aliphatic heterocycles. The van der Waals surface area contributed by atoms with Crippen LogP contribution in [0, 0.1) is 18.5 Å². The van der Waals surface area contributed by atoms with Gasteiger partial charge in [0, 0.05) is 10.6 Å². The Kier molecular flexibility index (Phi) is 8.18. The summed E-state index contributed by atoms with van der Waals surface area (Å²) >= 11 is 11.2. The maximum atomic E-state index is 12.9. The van der Waals surface area contributed by atoms with Crippen LogP contribution in [-0.2, 0) is 17.9 Å². The van der Waals surface area contributed by atoms with Crippen LogP contribution in [0.4, 0.5) is 4.79 Å². The van der Waals surface area contributed by atoms with Crippen molar-refractivity contribution < 1.29 is 14.3 Å². The van der Waals surface area contributed by atoms with Crippen molar-refractivity contribution in [1.82, 2.24) is 4.90 Å². The molecule has 0 bridgehead atoms. The van der Waals surface area contributed by atoms with Gasteiger partial charge < -0.3 is 4.74 Å². The topological polar surface area (TPSA) is 70.4 Å². The molecule has 0 saturated carbocycles. The highest BCUT2D eigenvalue weighted by molar-refractivity contribution is 14.1. The van der Waals surface area contributed by atoms with Crippen LogP contribution in [-0.4, -0.2) is 16.0 Å². The molecule has 3 aromatic carbocycles. The molecule has 34 heavy (non-hydrogen) atoms. The predicted molar refractivity (Wildman–Crippen MR) is 150 cm³/mol. The monoisotopic (exact) mass is 712 g/mol. The van der Waals surface area contributed by atoms with Crippen molar-refractivity contribution in [2.45, 2.75) is 13.2 Å². The molecule has 0 aromatic heterocycles. The van der Waals surface area contributed by atoms with Crippen LogP contribution in [0.3, 0.4) is 0 Å². The Hall–Kier alpha value is -2.07. The quantitative estimate of drug-likeness (QED) is 0.199. The molecule has 4 rings (SSSR count). The van der Waals surface area contributed by atoms with Crippen LogP contribution in [0.15, 0.2) is 65.6 Å². The van der Waals surface area contributed by atoms with Gasteiger partial charge in [0.1, 0.15) is 12.4 Å². The van der Waals surface area contributed by atoms with Crippen molar-refractivity contribution in [3.8, 4) is 11.8 Å². The van der Waals surface area contributed by atoms with Crippen molar-refractivity contribution >= 4 is 85.8 Å². The van der Waals surface area contributed by atoms with E-state index in [0.717, 1.165) is 35.6 Å². The number of carbonyl (C=O) groups excluding carboxylic acids is 2. The van der Waals surface area contributed by atoms with E-state index < -0.39 is 0 Å². The first-order valence-electron chi connectivity index (χ1n) is 9.95. The first kappa shape index (κ1) is 25.0. The lowest BCUT2D eigenvalue weighted by atomic mass is 10.1. The van der Waals surface area contributed by atoms with E-state index in [1.165, 1.54) is 4.90 Å². The van der Waals surface area contributed by atoms with Gasteiger partial charge in [-0.05, 0) is 104 Å². The van der Waals surface area contributed by atoms with Crippen LogP contribution < -0.4 is 4.74 Å². The number of halogens is 3. The van der Waals surface area contributed by atoms with Crippen molar-refractivity contribution in [1.29, 1.82) is 5.26 Å². The molecule has 0 unspecified atom stereocenters. The molecule has 3 aromatic rings. The molecule has 0 atom stereocenters. The third-order valence-corrected chi connectivity index (χ3v) is 7.72. The van der Waals surface area contributed by atoms with Crippen molar-refractivity contribution in [3.05, 3.63) is 100.0 Å². The van der Waals surface area contributed by atoms with E-state index in [9.17, 15) is 14.9 Å². The number of benzene rings is 3. The van der Waals surface area contributed by atoms with E-state index in [2.05, 4.69) is 51.3 Å². The second-order valence-electron chi connectivity index (χ2n) is 7.27. The normalized spacial score (nSPS) is 14.5. The van der Waals surface area contributed by atoms with Gasteiger partial charge in [-0.2, -0.15) is 5.26 Å². The maximum Gasteiger partial charge on any atom is 0.293 e. The van der Waals surface area contributed by atoms with Gasteiger partial charge in [-0.15, -0.1) is 0 Å². The molecule has 1 saturated heterocycles. The van der Waals surface area contributed by atoms with Gasteiger partial charge in [0.25, 0.3) is 11.1 Å². The van der Waals surface area contributed by atoms with Gasteiger partial charge in [-0.3, -0.25) is 14.5 Å². The third kappa shape index (κ3) is 5.76. The van der Waals surface area contributed by atoms with Crippen LogP contribution in [0.1, 0.15) is 22.3 Å². The van der Waals surface area contributed by atoms with Gasteiger partial charge in [-0.25, -0.2) is 0 Å². The molecule has 0 N–H and O–H groups in total. The number of carbonyl (C=O) groups is 2. The molecule has 5 nitrogen and oxygen atoms in total. The molecule has 9 heteroatoms. The number of ether oxygens (including phenoxy) is 1. The first-order valence-corrected chi connectivity index (χ1v) is 13.3. The van der Waals surface area contributed by atoms with Crippen LogP contribution in [0.25, 0.3) is 6.08 Å². The second kappa shape index (κ2) is 11.1. The predicted octanol–water partition coefficient (Wildman–Crippen LogP) is 7.24. The van der Waals surface area contributed by atoms with Crippen LogP contribution in [0.2, 0.25) is 5.02 Å². The number of nitrogens with zero attached hydrogens (tertiary/aromatic N) is 2. The summed E-state index contributed by atoms with van der Waals surface area (Å²) in [5, 5.41) is 9.57. The summed E-state index contributed by atoms with van der Waals surface area (Å²) in [5.41, 5.74) is 3.03. The summed E-state index contributed by atoms with van der Waals surface area (Å²) in [6, 6.07) is 20.4. The zero-order valence-corrected chi connectivity index (χ0v) is 23.3. The Morgan fingerprint density at radius 2 is 1.74 bits per heavy atom. The fourth-order valence-electron chi connectivity index (χ4n) is 3.27. The molecule has 170 valence electrons. The van der Waals surface area contributed by atoms with E-state index in [0.29, 0.717) is 21.2 Å². The van der Waals surface area contributed by atoms with E-state index in [1.807, 2.05) is 30.3 Å². The number of rotatable bonds is 6. The van der Waals surface area contributed by atoms with E-state index in [-0.39, 0.29) is 24.3 Å². The molecular formula is C25H15ClI2N2O3S. The second-order valence-corrected chi connectivity index (χ2v) is 11.0. The number of imide groups is 1. The Morgan fingerprint density at radius 1 is 1.06 bits per heavy atom. The number of thioether (sulfide) groups is 1. The fraction of sp³-hybridized carbons (Fsp3) is 0.0800. The summed E-state index contributed by atoms with van der Waals surface area (Å²) in [6.07, 6.45) is 1.73. The fourth-order valence-corrected chi connectivity index (χ4v) is 6.36. The molecule has 0 spiro atoms. The largest absolute Gasteiger partial charge is 0.487 e. The minimum atomic E-state index is -0.316. The molecule has 1 heterocycles. The Labute approximate surface area is 233 Å². The average molecular weight is 713 g/mol. The smallest absolute Gasteiger partial charge is 0.293 e. The van der Waals surface area contributed by atoms with E-state index >= 15 is 0 Å². The molecular weight excluding hydrogens is 698 g/mol. The van der Waals surface area contributed by atoms with Gasteiger partial charge in [-0.1, -0.05) is 41.9 Å². The van der Waals surface area contributed by atoms with Gasteiger partial charge in [0.15, 0.2) is 0 Å². The van der Waals surface area contributed by atoms with Crippen molar-refractivity contribution in [2.24, 2.45) is 0 Å². The van der Waals surface area contributed by atoms with Gasteiger partial charge in [0.05, 0.1) is 30.2 Å². The Bertz CT molecular complexity index is 1330. The standard InChI is InChI=1S/C25H15ClI2N2O3S/c26-19-7-5-15(6-8-19)13-30-24(31)22(34-25(30)32)11-16-9-20(27)23(21(28)10-16)33-14-18-4-2-1-3-17(18)12-29/h1-11H,13-14H2/b22-11-. The van der Waals surface area contributed by atoms with Crippen molar-refractivity contribution in [3.63, 3.8) is 0 Å². The maximum absolute atomic E-state index is 12.9. The Balaban J connectivity index is 1.51. The van der Waals surface area contributed by atoms with E-state index in [1.54, 1.807) is 36.4 Å². The summed E-state index contributed by atoms with van der Waals surface area (Å²) in [4.78, 5) is 27.0. The molecule has 2 amide bonds. The lowest BCUT2D eigenvalue weighted by Crippen LogP contribution is -2.27. The van der Waals surface area contributed by atoms with Gasteiger partial charge in [0.2, 0.25) is 0 Å². The highest BCUT2D eigenvalue weighted by Crippen LogP contribution is 2.36. The highest BCUT2D eigenvalue weighted by Gasteiger charge is 2.35. The van der Waals surface area contributed by atoms with Gasteiger partial charge >= 0.3 is 0 Å². The number of nitriles is 1. The number of amides is 2. The molecule has 1 fully saturated rings. The number of hydrogen-bond donors (Lipinski definition) is 0. The molecule has 1 aliphatic rings. The zero-order chi connectivity index (χ0) is 24.2. The summed E-state index contributed by atoms with van der Waals surface area (Å²) in [5.74, 6) is 0.394. The minimum Gasteiger partial charge on any atom is -0.487 e. The van der Waals surface area contributed by atoms with E-state index in [4.69, 9.17) is 16.3 Å². The molecule has 0 aliphatic carbocycles. The van der Waals surface area contributed by atoms with Crippen LogP contribution >= 0.6 is 68.5 Å². The lowest BCUT2D eigenvalue weighted by molar-refractivity contribution is -0.123. The minimum absolute atomic E-state index is 0.200. The summed E-state index contributed by atoms with van der Waals surface area (Å²) < 4.78 is 7.75. The average Bonchev–Trinajstić information content (AvgIpc) is 3.07. The Morgan fingerprint density at radius 3 is 2.41 bits per heavy atom. The first-order chi connectivity index (χ1) is 16.4. The summed E-state index contributed by atoms with van der Waals surface area (Å²) in [7, 11) is 0.